The minimum atomic E-state index is -2.44. The van der Waals surface area contributed by atoms with E-state index in [-0.39, 0.29) is 0 Å². The number of hydrogen-bond acceptors (Lipinski definition) is 5. The largest absolute Gasteiger partial charge is 0.327 e. The van der Waals surface area contributed by atoms with E-state index in [1.165, 1.54) is 0 Å². The maximum atomic E-state index is 5.40. The van der Waals surface area contributed by atoms with Gasteiger partial charge in [-0.1, -0.05) is 6.92 Å². The Bertz CT molecular complexity index is 156. The fraction of sp³-hybridized carbons (Fsp3) is 1.00. The second kappa shape index (κ2) is 8.21. The SMILES string of the molecule is CCOP(=S)(OCC)OCSCC. The molecule has 0 saturated carbocycles. The van der Waals surface area contributed by atoms with Gasteiger partial charge in [0.1, 0.15) is 5.94 Å². The average Bonchev–Trinajstić information content (AvgIpc) is 2.05. The number of hydrogen-bond donors (Lipinski definition) is 0. The van der Waals surface area contributed by atoms with Crippen molar-refractivity contribution in [1.29, 1.82) is 0 Å². The quantitative estimate of drug-likeness (QED) is 0.372. The van der Waals surface area contributed by atoms with E-state index in [1.54, 1.807) is 11.8 Å². The summed E-state index contributed by atoms with van der Waals surface area (Å²) < 4.78 is 16.0. The molecular formula is C7H17O3PS2. The summed E-state index contributed by atoms with van der Waals surface area (Å²) in [6, 6.07) is 0. The van der Waals surface area contributed by atoms with Crippen molar-refractivity contribution in [1.82, 2.24) is 0 Å². The van der Waals surface area contributed by atoms with Crippen molar-refractivity contribution in [2.45, 2.75) is 20.8 Å². The van der Waals surface area contributed by atoms with Gasteiger partial charge in [0.05, 0.1) is 13.2 Å². The van der Waals surface area contributed by atoms with Gasteiger partial charge in [0.2, 0.25) is 0 Å². The summed E-state index contributed by atoms with van der Waals surface area (Å²) in [5.74, 6) is 1.56. The van der Waals surface area contributed by atoms with Crippen molar-refractivity contribution in [3.05, 3.63) is 0 Å². The van der Waals surface area contributed by atoms with Crippen molar-refractivity contribution >= 4 is 30.3 Å². The van der Waals surface area contributed by atoms with Crippen LogP contribution < -0.4 is 0 Å². The van der Waals surface area contributed by atoms with Crippen LogP contribution in [0.5, 0.6) is 0 Å². The van der Waals surface area contributed by atoms with Gasteiger partial charge in [0.25, 0.3) is 0 Å². The van der Waals surface area contributed by atoms with Gasteiger partial charge in [0, 0.05) is 0 Å². The van der Waals surface area contributed by atoms with E-state index < -0.39 is 6.72 Å². The van der Waals surface area contributed by atoms with E-state index in [1.807, 2.05) is 13.8 Å². The molecule has 0 radical (unpaired) electrons. The van der Waals surface area contributed by atoms with E-state index in [0.29, 0.717) is 19.2 Å². The highest BCUT2D eigenvalue weighted by Crippen LogP contribution is 2.50. The maximum absolute atomic E-state index is 5.40. The molecule has 0 atom stereocenters. The molecule has 13 heavy (non-hydrogen) atoms. The van der Waals surface area contributed by atoms with Crippen LogP contribution in [0.25, 0.3) is 0 Å². The van der Waals surface area contributed by atoms with Gasteiger partial charge in [-0.25, -0.2) is 0 Å². The summed E-state index contributed by atoms with van der Waals surface area (Å²) >= 11 is 6.81. The Morgan fingerprint density at radius 3 is 2.00 bits per heavy atom. The van der Waals surface area contributed by atoms with Crippen LogP contribution in [0.2, 0.25) is 0 Å². The van der Waals surface area contributed by atoms with Crippen LogP contribution in [-0.2, 0) is 25.4 Å². The summed E-state index contributed by atoms with van der Waals surface area (Å²) in [5, 5.41) is 0. The highest BCUT2D eigenvalue weighted by molar-refractivity contribution is 8.08. The molecule has 0 aromatic carbocycles. The molecule has 0 unspecified atom stereocenters. The third-order valence-corrected chi connectivity index (χ3v) is 4.48. The highest BCUT2D eigenvalue weighted by atomic mass is 32.5. The van der Waals surface area contributed by atoms with Crippen molar-refractivity contribution in [3.8, 4) is 0 Å². The molecule has 0 amide bonds. The molecule has 0 aromatic rings. The monoisotopic (exact) mass is 244 g/mol. The van der Waals surface area contributed by atoms with E-state index in [9.17, 15) is 0 Å². The third-order valence-electron chi connectivity index (χ3n) is 1.07. The molecule has 0 heterocycles. The zero-order valence-corrected chi connectivity index (χ0v) is 10.8. The molecule has 0 saturated heterocycles. The number of thioether (sulfide) groups is 1. The van der Waals surface area contributed by atoms with Crippen molar-refractivity contribution in [2.24, 2.45) is 0 Å². The molecular weight excluding hydrogens is 227 g/mol. The van der Waals surface area contributed by atoms with Crippen LogP contribution in [0.3, 0.4) is 0 Å². The van der Waals surface area contributed by atoms with E-state index in [2.05, 4.69) is 6.92 Å². The molecule has 3 nitrogen and oxygen atoms in total. The molecule has 0 aliphatic heterocycles. The average molecular weight is 244 g/mol. The first kappa shape index (κ1) is 13.9. The zero-order chi connectivity index (χ0) is 10.2. The normalized spacial score (nSPS) is 11.9. The van der Waals surface area contributed by atoms with Crippen LogP contribution in [0.4, 0.5) is 0 Å². The van der Waals surface area contributed by atoms with Crippen molar-refractivity contribution < 1.29 is 13.6 Å². The van der Waals surface area contributed by atoms with Crippen LogP contribution in [-0.4, -0.2) is 24.9 Å². The number of rotatable bonds is 8. The maximum Gasteiger partial charge on any atom is 0.327 e. The summed E-state index contributed by atoms with van der Waals surface area (Å²) in [7, 11) is 0. The molecule has 6 heteroatoms. The van der Waals surface area contributed by atoms with Gasteiger partial charge >= 0.3 is 6.72 Å². The lowest BCUT2D eigenvalue weighted by Crippen LogP contribution is -1.99. The smallest absolute Gasteiger partial charge is 0.309 e. The van der Waals surface area contributed by atoms with Gasteiger partial charge in [-0.05, 0) is 31.4 Å². The van der Waals surface area contributed by atoms with E-state index >= 15 is 0 Å². The van der Waals surface area contributed by atoms with E-state index in [4.69, 9.17) is 25.4 Å². The minimum absolute atomic E-state index is 0.536. The van der Waals surface area contributed by atoms with Crippen molar-refractivity contribution in [3.63, 3.8) is 0 Å². The first-order valence-electron chi connectivity index (χ1n) is 4.29. The lowest BCUT2D eigenvalue weighted by atomic mass is 10.9. The second-order valence-corrected chi connectivity index (χ2v) is 6.25. The summed E-state index contributed by atoms with van der Waals surface area (Å²) in [6.45, 7) is 4.47. The van der Waals surface area contributed by atoms with E-state index in [0.717, 1.165) is 5.75 Å². The molecule has 0 aliphatic carbocycles. The first-order chi connectivity index (χ1) is 6.18. The van der Waals surface area contributed by atoms with Crippen LogP contribution >= 0.6 is 18.5 Å². The molecule has 0 rings (SSSR count). The fourth-order valence-corrected chi connectivity index (χ4v) is 3.47. The van der Waals surface area contributed by atoms with Crippen molar-refractivity contribution in [2.75, 3.05) is 24.9 Å². The fourth-order valence-electron chi connectivity index (χ4n) is 0.613. The standard InChI is InChI=1S/C7H17O3PS2/c1-4-8-11(12,9-5-2)10-7-13-6-3/h4-7H2,1-3H3. The highest BCUT2D eigenvalue weighted by Gasteiger charge is 2.18. The predicted octanol–water partition coefficient (Wildman–Crippen LogP) is 3.01. The van der Waals surface area contributed by atoms with Gasteiger partial charge < -0.3 is 9.05 Å². The molecule has 0 fully saturated rings. The summed E-state index contributed by atoms with van der Waals surface area (Å²) in [4.78, 5) is 0. The summed E-state index contributed by atoms with van der Waals surface area (Å²) in [5.41, 5.74) is 0. The predicted molar refractivity (Wildman–Crippen MR) is 61.6 cm³/mol. The lowest BCUT2D eigenvalue weighted by molar-refractivity contribution is 0.185. The second-order valence-electron chi connectivity index (χ2n) is 2.02. The summed E-state index contributed by atoms with van der Waals surface area (Å²) in [6.07, 6.45) is 0. The Balaban J connectivity index is 3.85. The first-order valence-corrected chi connectivity index (χ1v) is 8.01. The van der Waals surface area contributed by atoms with Crippen LogP contribution in [0, 0.1) is 0 Å². The molecule has 0 aromatic heterocycles. The van der Waals surface area contributed by atoms with Gasteiger partial charge in [-0.2, -0.15) is 0 Å². The topological polar surface area (TPSA) is 27.7 Å². The van der Waals surface area contributed by atoms with Gasteiger partial charge in [0.15, 0.2) is 0 Å². The van der Waals surface area contributed by atoms with Gasteiger partial charge in [-0.3, -0.25) is 4.52 Å². The Labute approximate surface area is 89.8 Å². The van der Waals surface area contributed by atoms with Crippen LogP contribution in [0.15, 0.2) is 0 Å². The Kier molecular flexibility index (Phi) is 8.77. The molecule has 0 bridgehead atoms. The molecule has 80 valence electrons. The Hall–Kier alpha value is 0.880. The minimum Gasteiger partial charge on any atom is -0.309 e. The Morgan fingerprint density at radius 1 is 1.08 bits per heavy atom. The molecule has 0 aliphatic rings. The zero-order valence-electron chi connectivity index (χ0n) is 8.32. The molecule has 0 N–H and O–H groups in total. The molecule has 0 spiro atoms. The third kappa shape index (κ3) is 6.89. The van der Waals surface area contributed by atoms with Crippen LogP contribution in [0.1, 0.15) is 20.8 Å². The Morgan fingerprint density at radius 2 is 1.62 bits per heavy atom. The lowest BCUT2D eigenvalue weighted by Gasteiger charge is -2.19. The van der Waals surface area contributed by atoms with Gasteiger partial charge in [-0.15, -0.1) is 11.8 Å².